The summed E-state index contributed by atoms with van der Waals surface area (Å²) in [6.45, 7) is 3.79. The standard InChI is InChI=1S/C11H18O4/c1-10(2)14-8-5-4-6-11(8,15-10)7-9(12)13-3/h8H,4-7H2,1-3H3/t8-,11-/m1/s1. The SMILES string of the molecule is COC(=O)C[C@]12CCC[C@H]1OC(C)(C)O2. The van der Waals surface area contributed by atoms with Gasteiger partial charge in [0.15, 0.2) is 5.79 Å². The summed E-state index contributed by atoms with van der Waals surface area (Å²) in [5.41, 5.74) is -0.434. The maximum absolute atomic E-state index is 11.4. The van der Waals surface area contributed by atoms with Crippen molar-refractivity contribution in [2.75, 3.05) is 7.11 Å². The summed E-state index contributed by atoms with van der Waals surface area (Å²) in [5.74, 6) is -0.790. The largest absolute Gasteiger partial charge is 0.469 e. The molecule has 1 aliphatic heterocycles. The Hall–Kier alpha value is -0.610. The van der Waals surface area contributed by atoms with E-state index in [-0.39, 0.29) is 12.1 Å². The van der Waals surface area contributed by atoms with Gasteiger partial charge in [-0.25, -0.2) is 0 Å². The number of fused-ring (bicyclic) bond motifs is 1. The second-order valence-corrected chi connectivity index (χ2v) is 4.82. The molecule has 0 aromatic heterocycles. The molecule has 4 nitrogen and oxygen atoms in total. The molecule has 2 atom stereocenters. The van der Waals surface area contributed by atoms with Gasteiger partial charge in [0, 0.05) is 0 Å². The first-order valence-electron chi connectivity index (χ1n) is 5.42. The summed E-state index contributed by atoms with van der Waals surface area (Å²) < 4.78 is 16.4. The van der Waals surface area contributed by atoms with Crippen LogP contribution in [0.15, 0.2) is 0 Å². The Morgan fingerprint density at radius 1 is 1.53 bits per heavy atom. The minimum atomic E-state index is -0.570. The van der Waals surface area contributed by atoms with E-state index in [0.29, 0.717) is 6.42 Å². The van der Waals surface area contributed by atoms with Crippen molar-refractivity contribution < 1.29 is 19.0 Å². The van der Waals surface area contributed by atoms with Crippen LogP contribution in [0.25, 0.3) is 0 Å². The molecule has 1 heterocycles. The van der Waals surface area contributed by atoms with E-state index >= 15 is 0 Å². The molecule has 0 aromatic carbocycles. The Morgan fingerprint density at radius 2 is 2.27 bits per heavy atom. The summed E-state index contributed by atoms with van der Waals surface area (Å²) in [7, 11) is 1.41. The van der Waals surface area contributed by atoms with E-state index in [2.05, 4.69) is 0 Å². The predicted octanol–water partition coefficient (Wildman–Crippen LogP) is 1.62. The number of carbonyl (C=O) groups is 1. The lowest BCUT2D eigenvalue weighted by Gasteiger charge is -2.26. The molecule has 2 fully saturated rings. The van der Waals surface area contributed by atoms with Crippen molar-refractivity contribution in [3.05, 3.63) is 0 Å². The molecule has 0 unspecified atom stereocenters. The highest BCUT2D eigenvalue weighted by Gasteiger charge is 2.56. The second kappa shape index (κ2) is 3.46. The van der Waals surface area contributed by atoms with E-state index in [1.54, 1.807) is 0 Å². The normalized spacial score (nSPS) is 37.7. The van der Waals surface area contributed by atoms with Crippen LogP contribution in [-0.4, -0.2) is 30.6 Å². The molecule has 1 saturated heterocycles. The number of methoxy groups -OCH3 is 1. The number of carbonyl (C=O) groups excluding carboxylic acids is 1. The molecule has 1 saturated carbocycles. The van der Waals surface area contributed by atoms with Crippen LogP contribution in [-0.2, 0) is 19.0 Å². The van der Waals surface area contributed by atoms with Crippen molar-refractivity contribution in [1.82, 2.24) is 0 Å². The van der Waals surface area contributed by atoms with Crippen molar-refractivity contribution in [3.63, 3.8) is 0 Å². The maximum Gasteiger partial charge on any atom is 0.308 e. The Balaban J connectivity index is 2.14. The number of esters is 1. The van der Waals surface area contributed by atoms with E-state index in [0.717, 1.165) is 19.3 Å². The zero-order valence-corrected chi connectivity index (χ0v) is 9.54. The lowest BCUT2D eigenvalue weighted by molar-refractivity contribution is -0.174. The maximum atomic E-state index is 11.4. The topological polar surface area (TPSA) is 44.8 Å². The number of hydrogen-bond acceptors (Lipinski definition) is 4. The van der Waals surface area contributed by atoms with Crippen LogP contribution in [0.1, 0.15) is 39.5 Å². The van der Waals surface area contributed by atoms with Gasteiger partial charge in [0.2, 0.25) is 0 Å². The summed E-state index contributed by atoms with van der Waals surface area (Å²) in [6.07, 6.45) is 3.26. The van der Waals surface area contributed by atoms with Crippen LogP contribution in [0, 0.1) is 0 Å². The van der Waals surface area contributed by atoms with Crippen LogP contribution in [0.3, 0.4) is 0 Å². The van der Waals surface area contributed by atoms with E-state index in [1.807, 2.05) is 13.8 Å². The Morgan fingerprint density at radius 3 is 2.93 bits per heavy atom. The van der Waals surface area contributed by atoms with Crippen LogP contribution >= 0.6 is 0 Å². The van der Waals surface area contributed by atoms with Gasteiger partial charge in [-0.3, -0.25) is 4.79 Å². The van der Waals surface area contributed by atoms with Crippen molar-refractivity contribution >= 4 is 5.97 Å². The molecule has 86 valence electrons. The molecular formula is C11H18O4. The average Bonchev–Trinajstić information content (AvgIpc) is 2.56. The summed E-state index contributed by atoms with van der Waals surface area (Å²) >= 11 is 0. The van der Waals surface area contributed by atoms with Crippen LogP contribution in [0.2, 0.25) is 0 Å². The van der Waals surface area contributed by atoms with Crippen molar-refractivity contribution in [2.45, 2.75) is 57.0 Å². The zero-order valence-electron chi connectivity index (χ0n) is 9.54. The monoisotopic (exact) mass is 214 g/mol. The molecule has 4 heteroatoms. The fourth-order valence-corrected chi connectivity index (χ4v) is 2.70. The van der Waals surface area contributed by atoms with Crippen LogP contribution in [0.4, 0.5) is 0 Å². The Kier molecular flexibility index (Phi) is 2.51. The fourth-order valence-electron chi connectivity index (χ4n) is 2.70. The minimum absolute atomic E-state index is 0.0478. The molecule has 0 radical (unpaired) electrons. The number of ether oxygens (including phenoxy) is 3. The van der Waals surface area contributed by atoms with Crippen molar-refractivity contribution in [1.29, 1.82) is 0 Å². The molecule has 0 bridgehead atoms. The van der Waals surface area contributed by atoms with Gasteiger partial charge in [0.1, 0.15) is 5.60 Å². The third-order valence-electron chi connectivity index (χ3n) is 3.20. The quantitative estimate of drug-likeness (QED) is 0.655. The van der Waals surface area contributed by atoms with Crippen molar-refractivity contribution in [3.8, 4) is 0 Å². The smallest absolute Gasteiger partial charge is 0.308 e. The molecule has 0 spiro atoms. The molecule has 2 rings (SSSR count). The van der Waals surface area contributed by atoms with E-state index in [1.165, 1.54) is 7.11 Å². The van der Waals surface area contributed by atoms with Crippen molar-refractivity contribution in [2.24, 2.45) is 0 Å². The van der Waals surface area contributed by atoms with Gasteiger partial charge in [-0.2, -0.15) is 0 Å². The number of hydrogen-bond donors (Lipinski definition) is 0. The van der Waals surface area contributed by atoms with Crippen LogP contribution in [0.5, 0.6) is 0 Å². The lowest BCUT2D eigenvalue weighted by Crippen LogP contribution is -2.38. The summed E-state index contributed by atoms with van der Waals surface area (Å²) in [4.78, 5) is 11.4. The van der Waals surface area contributed by atoms with E-state index < -0.39 is 11.4 Å². The molecule has 15 heavy (non-hydrogen) atoms. The Labute approximate surface area is 89.9 Å². The van der Waals surface area contributed by atoms with E-state index in [9.17, 15) is 4.79 Å². The van der Waals surface area contributed by atoms with Crippen LogP contribution < -0.4 is 0 Å². The summed E-state index contributed by atoms with van der Waals surface area (Å²) in [6, 6.07) is 0. The third-order valence-corrected chi connectivity index (χ3v) is 3.20. The average molecular weight is 214 g/mol. The molecular weight excluding hydrogens is 196 g/mol. The predicted molar refractivity (Wildman–Crippen MR) is 53.3 cm³/mol. The van der Waals surface area contributed by atoms with Gasteiger partial charge < -0.3 is 14.2 Å². The Bertz CT molecular complexity index is 274. The molecule has 0 amide bonds. The fraction of sp³-hybridized carbons (Fsp3) is 0.909. The van der Waals surface area contributed by atoms with E-state index in [4.69, 9.17) is 14.2 Å². The zero-order chi connectivity index (χ0) is 11.1. The number of rotatable bonds is 2. The highest BCUT2D eigenvalue weighted by Crippen LogP contribution is 2.48. The lowest BCUT2D eigenvalue weighted by atomic mass is 9.96. The minimum Gasteiger partial charge on any atom is -0.469 e. The highest BCUT2D eigenvalue weighted by atomic mass is 16.8. The molecule has 0 N–H and O–H groups in total. The first kappa shape index (κ1) is 10.9. The summed E-state index contributed by atoms with van der Waals surface area (Å²) in [5, 5.41) is 0. The van der Waals surface area contributed by atoms with Gasteiger partial charge in [0.25, 0.3) is 0 Å². The van der Waals surface area contributed by atoms with Gasteiger partial charge >= 0.3 is 5.97 Å². The van der Waals surface area contributed by atoms with Gasteiger partial charge in [-0.15, -0.1) is 0 Å². The third kappa shape index (κ3) is 1.88. The molecule has 0 aromatic rings. The first-order chi connectivity index (χ1) is 6.97. The highest BCUT2D eigenvalue weighted by molar-refractivity contribution is 5.70. The second-order valence-electron chi connectivity index (χ2n) is 4.82. The van der Waals surface area contributed by atoms with Gasteiger partial charge in [-0.1, -0.05) is 0 Å². The first-order valence-corrected chi connectivity index (χ1v) is 5.42. The van der Waals surface area contributed by atoms with Gasteiger partial charge in [0.05, 0.1) is 19.6 Å². The molecule has 2 aliphatic rings. The van der Waals surface area contributed by atoms with Gasteiger partial charge in [-0.05, 0) is 33.1 Å². The molecule has 1 aliphatic carbocycles.